The Morgan fingerprint density at radius 1 is 1.40 bits per heavy atom. The maximum atomic E-state index is 11.6. The highest BCUT2D eigenvalue weighted by atomic mass is 35.5. The van der Waals surface area contributed by atoms with Crippen LogP contribution in [0.4, 0.5) is 0 Å². The molecule has 1 aromatic heterocycles. The standard InChI is InChI=1S/C13H24N4O.2ClH/c1-11(2)10-17-8-7-15-12(17)9-16-13(18)5-4-6-14-3;;/h7-8,11,14H,4-6,9-10H2,1-3H3,(H,16,18);2*1H. The summed E-state index contributed by atoms with van der Waals surface area (Å²) in [4.78, 5) is 15.8. The van der Waals surface area contributed by atoms with Gasteiger partial charge in [-0.1, -0.05) is 13.8 Å². The van der Waals surface area contributed by atoms with Gasteiger partial charge < -0.3 is 15.2 Å². The van der Waals surface area contributed by atoms with Gasteiger partial charge in [-0.2, -0.15) is 0 Å². The highest BCUT2D eigenvalue weighted by Gasteiger charge is 2.06. The molecule has 0 aliphatic carbocycles. The number of imidazole rings is 1. The zero-order chi connectivity index (χ0) is 13.4. The lowest BCUT2D eigenvalue weighted by Crippen LogP contribution is -2.25. The number of nitrogens with zero attached hydrogens (tertiary/aromatic N) is 2. The highest BCUT2D eigenvalue weighted by Crippen LogP contribution is 2.03. The number of carbonyl (C=O) groups is 1. The van der Waals surface area contributed by atoms with E-state index in [1.165, 1.54) is 0 Å². The second-order valence-electron chi connectivity index (χ2n) is 4.87. The van der Waals surface area contributed by atoms with Crippen molar-refractivity contribution in [2.24, 2.45) is 5.92 Å². The zero-order valence-electron chi connectivity index (χ0n) is 12.4. The van der Waals surface area contributed by atoms with Crippen molar-refractivity contribution in [2.75, 3.05) is 13.6 Å². The second-order valence-corrected chi connectivity index (χ2v) is 4.87. The van der Waals surface area contributed by atoms with Crippen LogP contribution in [0, 0.1) is 5.92 Å². The molecular formula is C13H26Cl2N4O. The Hall–Kier alpha value is -0.780. The van der Waals surface area contributed by atoms with Crippen molar-refractivity contribution in [2.45, 2.75) is 39.8 Å². The van der Waals surface area contributed by atoms with Crippen LogP contribution in [0.2, 0.25) is 0 Å². The van der Waals surface area contributed by atoms with E-state index < -0.39 is 0 Å². The fourth-order valence-electron chi connectivity index (χ4n) is 1.76. The van der Waals surface area contributed by atoms with Crippen molar-refractivity contribution in [1.29, 1.82) is 0 Å². The number of carbonyl (C=O) groups excluding carboxylic acids is 1. The number of hydrogen-bond donors (Lipinski definition) is 2. The lowest BCUT2D eigenvalue weighted by molar-refractivity contribution is -0.121. The van der Waals surface area contributed by atoms with E-state index in [0.29, 0.717) is 18.9 Å². The average Bonchev–Trinajstić information content (AvgIpc) is 2.73. The van der Waals surface area contributed by atoms with Gasteiger partial charge in [0.1, 0.15) is 5.82 Å². The van der Waals surface area contributed by atoms with E-state index in [1.807, 2.05) is 13.2 Å². The SMILES string of the molecule is CNCCCC(=O)NCc1nccn1CC(C)C.Cl.Cl. The molecule has 0 bridgehead atoms. The predicted molar refractivity (Wildman–Crippen MR) is 86.6 cm³/mol. The minimum absolute atomic E-state index is 0. The lowest BCUT2D eigenvalue weighted by atomic mass is 10.2. The smallest absolute Gasteiger partial charge is 0.220 e. The third-order valence-electron chi connectivity index (χ3n) is 2.64. The van der Waals surface area contributed by atoms with E-state index in [4.69, 9.17) is 0 Å². The van der Waals surface area contributed by atoms with Crippen LogP contribution >= 0.6 is 24.8 Å². The fourth-order valence-corrected chi connectivity index (χ4v) is 1.76. The van der Waals surface area contributed by atoms with Crippen molar-refractivity contribution < 1.29 is 4.79 Å². The van der Waals surface area contributed by atoms with Crippen molar-refractivity contribution in [3.8, 4) is 0 Å². The monoisotopic (exact) mass is 324 g/mol. The Morgan fingerprint density at radius 2 is 2.10 bits per heavy atom. The van der Waals surface area contributed by atoms with Crippen LogP contribution < -0.4 is 10.6 Å². The van der Waals surface area contributed by atoms with Crippen LogP contribution in [-0.4, -0.2) is 29.1 Å². The molecule has 1 aromatic rings. The summed E-state index contributed by atoms with van der Waals surface area (Å²) >= 11 is 0. The van der Waals surface area contributed by atoms with Gasteiger partial charge in [0, 0.05) is 25.4 Å². The molecule has 0 saturated heterocycles. The summed E-state index contributed by atoms with van der Waals surface area (Å²) in [5.74, 6) is 1.58. The molecule has 0 unspecified atom stereocenters. The minimum Gasteiger partial charge on any atom is -0.349 e. The summed E-state index contributed by atoms with van der Waals surface area (Å²) in [6.45, 7) is 6.65. The molecule has 0 fully saturated rings. The Morgan fingerprint density at radius 3 is 2.70 bits per heavy atom. The first-order chi connectivity index (χ1) is 8.63. The molecule has 0 aromatic carbocycles. The van der Waals surface area contributed by atoms with Crippen molar-refractivity contribution in [3.05, 3.63) is 18.2 Å². The summed E-state index contributed by atoms with van der Waals surface area (Å²) in [5, 5.41) is 5.93. The van der Waals surface area contributed by atoms with Gasteiger partial charge in [-0.15, -0.1) is 24.8 Å². The lowest BCUT2D eigenvalue weighted by Gasteiger charge is -2.11. The van der Waals surface area contributed by atoms with Crippen LogP contribution in [0.1, 0.15) is 32.5 Å². The van der Waals surface area contributed by atoms with E-state index >= 15 is 0 Å². The normalized spacial score (nSPS) is 9.80. The Balaban J connectivity index is 0. The van der Waals surface area contributed by atoms with Gasteiger partial charge in [0.2, 0.25) is 5.91 Å². The Labute approximate surface area is 133 Å². The molecule has 0 saturated carbocycles. The van der Waals surface area contributed by atoms with Crippen molar-refractivity contribution in [3.63, 3.8) is 0 Å². The van der Waals surface area contributed by atoms with Crippen LogP contribution in [0.3, 0.4) is 0 Å². The Kier molecular flexibility index (Phi) is 12.9. The van der Waals surface area contributed by atoms with E-state index in [0.717, 1.165) is 25.3 Å². The Bertz CT molecular complexity index is 369. The first-order valence-electron chi connectivity index (χ1n) is 6.54. The molecule has 0 aliphatic rings. The van der Waals surface area contributed by atoms with Crippen LogP contribution in [0.5, 0.6) is 0 Å². The topological polar surface area (TPSA) is 59.0 Å². The summed E-state index contributed by atoms with van der Waals surface area (Å²) in [6, 6.07) is 0. The third kappa shape index (κ3) is 8.40. The van der Waals surface area contributed by atoms with Gasteiger partial charge in [0.25, 0.3) is 0 Å². The van der Waals surface area contributed by atoms with Crippen LogP contribution in [0.15, 0.2) is 12.4 Å². The first kappa shape index (κ1) is 21.5. The van der Waals surface area contributed by atoms with Crippen molar-refractivity contribution >= 4 is 30.7 Å². The number of aromatic nitrogens is 2. The number of rotatable bonds is 8. The zero-order valence-corrected chi connectivity index (χ0v) is 14.0. The molecule has 5 nitrogen and oxygen atoms in total. The fraction of sp³-hybridized carbons (Fsp3) is 0.692. The molecule has 1 rings (SSSR count). The summed E-state index contributed by atoms with van der Waals surface area (Å²) in [6.07, 6.45) is 5.17. The quantitative estimate of drug-likeness (QED) is 0.719. The maximum absolute atomic E-state index is 11.6. The molecule has 2 N–H and O–H groups in total. The number of nitrogens with one attached hydrogen (secondary N) is 2. The summed E-state index contributed by atoms with van der Waals surface area (Å²) < 4.78 is 2.10. The van der Waals surface area contributed by atoms with Gasteiger partial charge in [-0.05, 0) is 25.9 Å². The predicted octanol–water partition coefficient (Wildman–Crippen LogP) is 2.00. The van der Waals surface area contributed by atoms with Crippen LogP contribution in [-0.2, 0) is 17.9 Å². The van der Waals surface area contributed by atoms with Crippen molar-refractivity contribution in [1.82, 2.24) is 20.2 Å². The minimum atomic E-state index is 0. The largest absolute Gasteiger partial charge is 0.349 e. The van der Waals surface area contributed by atoms with E-state index in [9.17, 15) is 4.79 Å². The van der Waals surface area contributed by atoms with Gasteiger partial charge in [0.05, 0.1) is 6.54 Å². The van der Waals surface area contributed by atoms with E-state index in [-0.39, 0.29) is 30.7 Å². The summed E-state index contributed by atoms with van der Waals surface area (Å²) in [7, 11) is 1.89. The molecule has 118 valence electrons. The van der Waals surface area contributed by atoms with E-state index in [2.05, 4.69) is 34.0 Å². The number of hydrogen-bond acceptors (Lipinski definition) is 3. The van der Waals surface area contributed by atoms with Gasteiger partial charge in [-0.3, -0.25) is 4.79 Å². The molecule has 7 heteroatoms. The molecule has 20 heavy (non-hydrogen) atoms. The first-order valence-corrected chi connectivity index (χ1v) is 6.54. The highest BCUT2D eigenvalue weighted by molar-refractivity contribution is 5.85. The van der Waals surface area contributed by atoms with E-state index in [1.54, 1.807) is 6.20 Å². The number of halogens is 2. The molecular weight excluding hydrogens is 299 g/mol. The third-order valence-corrected chi connectivity index (χ3v) is 2.64. The maximum Gasteiger partial charge on any atom is 0.220 e. The van der Waals surface area contributed by atoms with Gasteiger partial charge in [0.15, 0.2) is 0 Å². The molecule has 0 aliphatic heterocycles. The number of amides is 1. The summed E-state index contributed by atoms with van der Waals surface area (Å²) in [5.41, 5.74) is 0. The average molecular weight is 325 g/mol. The molecule has 1 amide bonds. The molecule has 0 radical (unpaired) electrons. The molecule has 0 atom stereocenters. The molecule has 0 spiro atoms. The van der Waals surface area contributed by atoms with Gasteiger partial charge >= 0.3 is 0 Å². The van der Waals surface area contributed by atoms with Gasteiger partial charge in [-0.25, -0.2) is 4.98 Å². The molecule has 1 heterocycles. The van der Waals surface area contributed by atoms with Crippen LogP contribution in [0.25, 0.3) is 0 Å². The second kappa shape index (κ2) is 12.0.